The first-order valence-corrected chi connectivity index (χ1v) is 8.21. The molecule has 0 bridgehead atoms. The fraction of sp³-hybridized carbons (Fsp3) is 0.200. The van der Waals surface area contributed by atoms with Gasteiger partial charge in [-0.25, -0.2) is 4.79 Å². The van der Waals surface area contributed by atoms with E-state index in [9.17, 15) is 22.8 Å². The Morgan fingerprint density at radius 3 is 2.41 bits per heavy atom. The number of benzene rings is 2. The van der Waals surface area contributed by atoms with Crippen molar-refractivity contribution in [2.45, 2.75) is 19.0 Å². The number of alkyl halides is 3. The highest BCUT2D eigenvalue weighted by atomic mass is 19.4. The van der Waals surface area contributed by atoms with Crippen molar-refractivity contribution in [3.63, 3.8) is 0 Å². The number of anilines is 1. The van der Waals surface area contributed by atoms with Crippen molar-refractivity contribution in [1.29, 1.82) is 0 Å². The van der Waals surface area contributed by atoms with Crippen molar-refractivity contribution < 1.29 is 27.5 Å². The summed E-state index contributed by atoms with van der Waals surface area (Å²) in [6.45, 7) is 0.274. The van der Waals surface area contributed by atoms with Gasteiger partial charge < -0.3 is 10.1 Å². The maximum atomic E-state index is 13.0. The summed E-state index contributed by atoms with van der Waals surface area (Å²) in [5.74, 6) is -0.884. The highest BCUT2D eigenvalue weighted by molar-refractivity contribution is 5.92. The molecule has 0 aliphatic carbocycles. The van der Waals surface area contributed by atoms with Crippen molar-refractivity contribution in [2.24, 2.45) is 0 Å². The molecule has 0 saturated carbocycles. The largest absolute Gasteiger partial charge is 0.458 e. The number of hydrogen-bond acceptors (Lipinski definition) is 3. The third-order valence-electron chi connectivity index (χ3n) is 4.06. The van der Waals surface area contributed by atoms with Gasteiger partial charge >= 0.3 is 12.1 Å². The summed E-state index contributed by atoms with van der Waals surface area (Å²) in [7, 11) is 0. The Labute approximate surface area is 153 Å². The number of amides is 1. The predicted octanol–water partition coefficient (Wildman–Crippen LogP) is 3.91. The quantitative estimate of drug-likeness (QED) is 0.806. The normalized spacial score (nSPS) is 13.9. The van der Waals surface area contributed by atoms with E-state index < -0.39 is 17.6 Å². The first-order chi connectivity index (χ1) is 12.8. The van der Waals surface area contributed by atoms with Crippen molar-refractivity contribution in [1.82, 2.24) is 0 Å². The molecular formula is C20H16F3NO3. The minimum Gasteiger partial charge on any atom is -0.458 e. The molecule has 27 heavy (non-hydrogen) atoms. The minimum absolute atomic E-state index is 0.0723. The van der Waals surface area contributed by atoms with Crippen LogP contribution in [-0.2, 0) is 33.3 Å². The standard InChI is InChI=1S/C20H16F3NO3/c21-20(22,23)17-4-2-1-3-15(17)11-18(25)24-16-7-5-13(6-8-16)9-14-10-19(26)27-12-14/h1-8,10H,9,11-12H2,(H,24,25). The first kappa shape index (κ1) is 18.7. The van der Waals surface area contributed by atoms with Crippen LogP contribution < -0.4 is 5.32 Å². The fourth-order valence-electron chi connectivity index (χ4n) is 2.81. The fourth-order valence-corrected chi connectivity index (χ4v) is 2.81. The summed E-state index contributed by atoms with van der Waals surface area (Å²) in [5.41, 5.74) is 1.40. The smallest absolute Gasteiger partial charge is 0.416 e. The number of carbonyl (C=O) groups excluding carboxylic acids is 2. The summed E-state index contributed by atoms with van der Waals surface area (Å²) >= 11 is 0. The Bertz CT molecular complexity index is 886. The maximum Gasteiger partial charge on any atom is 0.416 e. The van der Waals surface area contributed by atoms with Gasteiger partial charge in [0.25, 0.3) is 0 Å². The molecule has 140 valence electrons. The van der Waals surface area contributed by atoms with Crippen molar-refractivity contribution in [2.75, 3.05) is 11.9 Å². The van der Waals surface area contributed by atoms with E-state index in [1.54, 1.807) is 24.3 Å². The summed E-state index contributed by atoms with van der Waals surface area (Å²) in [6.07, 6.45) is -2.87. The lowest BCUT2D eigenvalue weighted by molar-refractivity contribution is -0.138. The second kappa shape index (κ2) is 7.65. The van der Waals surface area contributed by atoms with Gasteiger partial charge in [-0.15, -0.1) is 0 Å². The van der Waals surface area contributed by atoms with E-state index in [2.05, 4.69) is 5.32 Å². The average molecular weight is 375 g/mol. The van der Waals surface area contributed by atoms with Crippen LogP contribution >= 0.6 is 0 Å². The van der Waals surface area contributed by atoms with Crippen LogP contribution in [0.4, 0.5) is 18.9 Å². The van der Waals surface area contributed by atoms with Crippen molar-refractivity contribution in [3.05, 3.63) is 76.9 Å². The molecule has 0 aromatic heterocycles. The van der Waals surface area contributed by atoms with E-state index in [4.69, 9.17) is 4.74 Å². The number of carbonyl (C=O) groups is 2. The zero-order valence-electron chi connectivity index (χ0n) is 14.2. The molecule has 1 aliphatic heterocycles. The molecule has 7 heteroatoms. The Morgan fingerprint density at radius 2 is 1.78 bits per heavy atom. The number of cyclic esters (lactones) is 1. The molecule has 3 rings (SSSR count). The molecule has 1 heterocycles. The average Bonchev–Trinajstić information content (AvgIpc) is 3.01. The van der Waals surface area contributed by atoms with Gasteiger partial charge in [-0.1, -0.05) is 30.3 Å². The molecule has 1 amide bonds. The van der Waals surface area contributed by atoms with E-state index in [1.165, 1.54) is 24.3 Å². The predicted molar refractivity (Wildman–Crippen MR) is 93.0 cm³/mol. The zero-order chi connectivity index (χ0) is 19.4. The van der Waals surface area contributed by atoms with E-state index in [1.807, 2.05) is 0 Å². The lowest BCUT2D eigenvalue weighted by Gasteiger charge is -2.12. The third-order valence-corrected chi connectivity index (χ3v) is 4.06. The molecule has 0 radical (unpaired) electrons. The highest BCUT2D eigenvalue weighted by Crippen LogP contribution is 2.32. The number of nitrogens with one attached hydrogen (secondary N) is 1. The molecule has 0 atom stereocenters. The van der Waals surface area contributed by atoms with Crippen LogP contribution in [0.3, 0.4) is 0 Å². The van der Waals surface area contributed by atoms with Gasteiger partial charge in [0.1, 0.15) is 6.61 Å². The van der Waals surface area contributed by atoms with Gasteiger partial charge in [-0.05, 0) is 41.3 Å². The SMILES string of the molecule is O=C(Cc1ccccc1C(F)(F)F)Nc1ccc(CC2=CC(=O)OC2)cc1. The summed E-state index contributed by atoms with van der Waals surface area (Å²) in [6, 6.07) is 11.9. The van der Waals surface area contributed by atoms with Crippen LogP contribution in [0.5, 0.6) is 0 Å². The van der Waals surface area contributed by atoms with Crippen molar-refractivity contribution >= 4 is 17.6 Å². The molecule has 1 aliphatic rings. The van der Waals surface area contributed by atoms with Gasteiger partial charge in [-0.3, -0.25) is 4.79 Å². The molecular weight excluding hydrogens is 359 g/mol. The molecule has 1 N–H and O–H groups in total. The third kappa shape index (κ3) is 4.97. The topological polar surface area (TPSA) is 55.4 Å². The van der Waals surface area contributed by atoms with E-state index in [0.29, 0.717) is 12.1 Å². The summed E-state index contributed by atoms with van der Waals surface area (Å²) in [5, 5.41) is 2.60. The van der Waals surface area contributed by atoms with Crippen LogP contribution in [0, 0.1) is 0 Å². The Hall–Kier alpha value is -3.09. The molecule has 0 unspecified atom stereocenters. The van der Waals surface area contributed by atoms with Gasteiger partial charge in [-0.2, -0.15) is 13.2 Å². The number of ether oxygens (including phenoxy) is 1. The van der Waals surface area contributed by atoms with Crippen LogP contribution in [0.25, 0.3) is 0 Å². The maximum absolute atomic E-state index is 13.0. The van der Waals surface area contributed by atoms with Gasteiger partial charge in [0, 0.05) is 11.8 Å². The summed E-state index contributed by atoms with van der Waals surface area (Å²) in [4.78, 5) is 23.2. The van der Waals surface area contributed by atoms with Gasteiger partial charge in [0.15, 0.2) is 0 Å². The minimum atomic E-state index is -4.50. The number of rotatable bonds is 5. The Morgan fingerprint density at radius 1 is 1.07 bits per heavy atom. The zero-order valence-corrected chi connectivity index (χ0v) is 14.2. The monoisotopic (exact) mass is 375 g/mol. The van der Waals surface area contributed by atoms with Crippen LogP contribution in [-0.4, -0.2) is 18.5 Å². The molecule has 4 nitrogen and oxygen atoms in total. The van der Waals surface area contributed by atoms with Gasteiger partial charge in [0.2, 0.25) is 5.91 Å². The number of esters is 1. The summed E-state index contributed by atoms with van der Waals surface area (Å²) < 4.78 is 43.8. The molecule has 2 aromatic carbocycles. The number of hydrogen-bond donors (Lipinski definition) is 1. The highest BCUT2D eigenvalue weighted by Gasteiger charge is 2.33. The van der Waals surface area contributed by atoms with E-state index >= 15 is 0 Å². The number of halogens is 3. The molecule has 0 spiro atoms. The molecule has 2 aromatic rings. The van der Waals surface area contributed by atoms with Crippen LogP contribution in [0.15, 0.2) is 60.2 Å². The second-order valence-electron chi connectivity index (χ2n) is 6.16. The lowest BCUT2D eigenvalue weighted by Crippen LogP contribution is -2.17. The lowest BCUT2D eigenvalue weighted by atomic mass is 10.0. The molecule has 0 saturated heterocycles. The van der Waals surface area contributed by atoms with Crippen molar-refractivity contribution in [3.8, 4) is 0 Å². The van der Waals surface area contributed by atoms with Crippen LogP contribution in [0.1, 0.15) is 16.7 Å². The van der Waals surface area contributed by atoms with E-state index in [0.717, 1.165) is 17.2 Å². The van der Waals surface area contributed by atoms with Crippen LogP contribution in [0.2, 0.25) is 0 Å². The Kier molecular flexibility index (Phi) is 5.30. The van der Waals surface area contributed by atoms with E-state index in [-0.39, 0.29) is 24.6 Å². The Balaban J connectivity index is 1.62. The van der Waals surface area contributed by atoms with Gasteiger partial charge in [0.05, 0.1) is 12.0 Å². The first-order valence-electron chi connectivity index (χ1n) is 8.21. The molecule has 0 fully saturated rings. The second-order valence-corrected chi connectivity index (χ2v) is 6.16.